The minimum atomic E-state index is 0.249. The molecule has 92 valence electrons. The van der Waals surface area contributed by atoms with Gasteiger partial charge in [0.15, 0.2) is 25.5 Å². The van der Waals surface area contributed by atoms with E-state index in [0.717, 1.165) is 13.1 Å². The molecule has 4 heterocycles. The molecule has 0 saturated carbocycles. The van der Waals surface area contributed by atoms with Gasteiger partial charge in [0, 0.05) is 28.8 Å². The second-order valence-corrected chi connectivity index (χ2v) is 5.30. The van der Waals surface area contributed by atoms with Gasteiger partial charge >= 0.3 is 0 Å². The molecule has 0 unspecified atom stereocenters. The van der Waals surface area contributed by atoms with Crippen LogP contribution in [-0.2, 0) is 13.1 Å². The highest BCUT2D eigenvalue weighted by Gasteiger charge is 2.40. The van der Waals surface area contributed by atoms with Crippen molar-refractivity contribution in [3.05, 3.63) is 71.8 Å². The van der Waals surface area contributed by atoms with E-state index in [-0.39, 0.29) is 6.17 Å². The summed E-state index contributed by atoms with van der Waals surface area (Å²) < 4.78 is 9.21. The maximum Gasteiger partial charge on any atom is 0.241 e. The summed E-state index contributed by atoms with van der Waals surface area (Å²) in [7, 11) is 0. The fourth-order valence-electron chi connectivity index (χ4n) is 3.50. The Morgan fingerprint density at radius 3 is 2.00 bits per heavy atom. The van der Waals surface area contributed by atoms with E-state index in [1.54, 1.807) is 0 Å². The lowest BCUT2D eigenvalue weighted by atomic mass is 9.96. The average molecular weight is 250 g/mol. The van der Waals surface area contributed by atoms with Crippen molar-refractivity contribution in [1.29, 1.82) is 0 Å². The number of aromatic nitrogens is 4. The lowest BCUT2D eigenvalue weighted by molar-refractivity contribution is -0.802. The molecule has 0 bridgehead atoms. The molecule has 0 atom stereocenters. The Kier molecular flexibility index (Phi) is 1.58. The SMILES string of the molecule is c1cc2c3c(c1)C[n+]1cccn1C3n1ccc[n+]1C2. The molecule has 4 heteroatoms. The Labute approximate surface area is 110 Å². The van der Waals surface area contributed by atoms with Crippen molar-refractivity contribution in [2.24, 2.45) is 0 Å². The van der Waals surface area contributed by atoms with Crippen LogP contribution in [0.5, 0.6) is 0 Å². The third-order valence-corrected chi connectivity index (χ3v) is 4.30. The summed E-state index contributed by atoms with van der Waals surface area (Å²) in [5, 5.41) is 0. The Bertz CT molecular complexity index is 734. The van der Waals surface area contributed by atoms with Crippen LogP contribution < -0.4 is 9.36 Å². The molecule has 4 nitrogen and oxygen atoms in total. The molecule has 0 radical (unpaired) electrons. The van der Waals surface area contributed by atoms with Crippen LogP contribution in [0.25, 0.3) is 0 Å². The largest absolute Gasteiger partial charge is 0.241 e. The monoisotopic (exact) mass is 250 g/mol. The molecular weight excluding hydrogens is 236 g/mol. The standard InChI is InChI=1S/C15H14N4/c1-4-12-10-16-6-2-8-18(16)15-14(12)13(5-1)11-17-7-3-9-19(15)17/h1-9,15H,10-11H2/q+2. The fourth-order valence-corrected chi connectivity index (χ4v) is 3.50. The van der Waals surface area contributed by atoms with Crippen molar-refractivity contribution in [2.45, 2.75) is 19.3 Å². The van der Waals surface area contributed by atoms with Crippen molar-refractivity contribution in [1.82, 2.24) is 9.36 Å². The fraction of sp³-hybridized carbons (Fsp3) is 0.200. The third-order valence-electron chi connectivity index (χ3n) is 4.30. The van der Waals surface area contributed by atoms with Crippen molar-refractivity contribution >= 4 is 0 Å². The summed E-state index contributed by atoms with van der Waals surface area (Å²) in [6, 6.07) is 10.9. The van der Waals surface area contributed by atoms with E-state index in [4.69, 9.17) is 0 Å². The minimum absolute atomic E-state index is 0.249. The van der Waals surface area contributed by atoms with E-state index in [1.807, 2.05) is 0 Å². The van der Waals surface area contributed by atoms with Gasteiger partial charge in [-0.05, 0) is 0 Å². The van der Waals surface area contributed by atoms with Crippen LogP contribution in [0.3, 0.4) is 0 Å². The van der Waals surface area contributed by atoms with Gasteiger partial charge in [0.2, 0.25) is 6.17 Å². The first-order valence-corrected chi connectivity index (χ1v) is 6.65. The second-order valence-electron chi connectivity index (χ2n) is 5.30. The zero-order chi connectivity index (χ0) is 12.4. The summed E-state index contributed by atoms with van der Waals surface area (Å²) in [4.78, 5) is 0. The molecule has 5 rings (SSSR count). The summed E-state index contributed by atoms with van der Waals surface area (Å²) in [5.74, 6) is 0. The smallest absolute Gasteiger partial charge is 0.127 e. The van der Waals surface area contributed by atoms with Gasteiger partial charge in [0.25, 0.3) is 0 Å². The van der Waals surface area contributed by atoms with Gasteiger partial charge in [-0.25, -0.2) is 0 Å². The number of hydrogen-bond acceptors (Lipinski definition) is 0. The Morgan fingerprint density at radius 1 is 0.842 bits per heavy atom. The van der Waals surface area contributed by atoms with Crippen LogP contribution in [0.4, 0.5) is 0 Å². The molecular formula is C15H14N4+2. The Balaban J connectivity index is 1.89. The molecule has 0 aliphatic carbocycles. The van der Waals surface area contributed by atoms with Crippen LogP contribution >= 0.6 is 0 Å². The number of fused-ring (bicyclic) bond motifs is 4. The molecule has 3 aromatic rings. The molecule has 1 aromatic carbocycles. The number of hydrogen-bond donors (Lipinski definition) is 0. The van der Waals surface area contributed by atoms with Gasteiger partial charge in [-0.2, -0.15) is 0 Å². The van der Waals surface area contributed by atoms with Crippen LogP contribution in [0.15, 0.2) is 55.1 Å². The predicted octanol–water partition coefficient (Wildman–Crippen LogP) is 0.683. The van der Waals surface area contributed by atoms with E-state index < -0.39 is 0 Å². The molecule has 19 heavy (non-hydrogen) atoms. The summed E-state index contributed by atoms with van der Waals surface area (Å²) >= 11 is 0. The molecule has 2 aliphatic heterocycles. The van der Waals surface area contributed by atoms with Crippen LogP contribution in [0.1, 0.15) is 22.9 Å². The lowest BCUT2D eigenvalue weighted by Crippen LogP contribution is -2.58. The highest BCUT2D eigenvalue weighted by molar-refractivity contribution is 5.38. The Morgan fingerprint density at radius 2 is 1.42 bits per heavy atom. The first-order chi connectivity index (χ1) is 9.42. The van der Waals surface area contributed by atoms with Gasteiger partial charge in [-0.15, -0.1) is 18.7 Å². The van der Waals surface area contributed by atoms with Gasteiger partial charge in [-0.1, -0.05) is 18.2 Å². The quantitative estimate of drug-likeness (QED) is 0.360. The van der Waals surface area contributed by atoms with E-state index in [9.17, 15) is 0 Å². The summed E-state index contributed by atoms with van der Waals surface area (Å²) in [6.07, 6.45) is 8.88. The van der Waals surface area contributed by atoms with Gasteiger partial charge in [0.1, 0.15) is 0 Å². The molecule has 2 aliphatic rings. The van der Waals surface area contributed by atoms with E-state index >= 15 is 0 Å². The number of nitrogens with zero attached hydrogens (tertiary/aromatic N) is 4. The predicted molar refractivity (Wildman–Crippen MR) is 67.4 cm³/mol. The van der Waals surface area contributed by atoms with Crippen molar-refractivity contribution in [3.63, 3.8) is 0 Å². The van der Waals surface area contributed by atoms with Crippen LogP contribution in [0.2, 0.25) is 0 Å². The Hall–Kier alpha value is -2.36. The normalized spacial score (nSPS) is 15.8. The average Bonchev–Trinajstić information content (AvgIpc) is 3.05. The van der Waals surface area contributed by atoms with Gasteiger partial charge < -0.3 is 0 Å². The van der Waals surface area contributed by atoms with Gasteiger partial charge in [0.05, 0.1) is 12.4 Å². The molecule has 0 amide bonds. The number of rotatable bonds is 0. The highest BCUT2D eigenvalue weighted by Crippen LogP contribution is 2.31. The molecule has 0 spiro atoms. The third kappa shape index (κ3) is 1.09. The lowest BCUT2D eigenvalue weighted by Gasteiger charge is -2.28. The highest BCUT2D eigenvalue weighted by atomic mass is 15.5. The van der Waals surface area contributed by atoms with Crippen molar-refractivity contribution in [3.8, 4) is 0 Å². The topological polar surface area (TPSA) is 17.6 Å². The van der Waals surface area contributed by atoms with Crippen molar-refractivity contribution < 1.29 is 9.36 Å². The molecule has 0 fully saturated rings. The zero-order valence-electron chi connectivity index (χ0n) is 10.5. The molecule has 0 saturated heterocycles. The second kappa shape index (κ2) is 3.15. The van der Waals surface area contributed by atoms with E-state index in [2.05, 4.69) is 73.8 Å². The molecule has 0 N–H and O–H groups in total. The van der Waals surface area contributed by atoms with Crippen LogP contribution in [0, 0.1) is 0 Å². The summed E-state index contributed by atoms with van der Waals surface area (Å²) in [5.41, 5.74) is 4.37. The van der Waals surface area contributed by atoms with Crippen molar-refractivity contribution in [2.75, 3.05) is 0 Å². The maximum absolute atomic E-state index is 2.32. The minimum Gasteiger partial charge on any atom is -0.127 e. The zero-order valence-corrected chi connectivity index (χ0v) is 10.5. The maximum atomic E-state index is 2.32. The van der Waals surface area contributed by atoms with E-state index in [1.165, 1.54) is 16.7 Å². The van der Waals surface area contributed by atoms with Crippen LogP contribution in [-0.4, -0.2) is 9.36 Å². The first kappa shape index (κ1) is 9.55. The van der Waals surface area contributed by atoms with Gasteiger partial charge in [-0.3, -0.25) is 0 Å². The first-order valence-electron chi connectivity index (χ1n) is 6.65. The number of benzene rings is 1. The summed E-state index contributed by atoms with van der Waals surface area (Å²) in [6.45, 7) is 1.93. The molecule has 2 aromatic heterocycles. The van der Waals surface area contributed by atoms with E-state index in [0.29, 0.717) is 0 Å².